The van der Waals surface area contributed by atoms with Crippen molar-refractivity contribution in [3.8, 4) is 6.07 Å². The Labute approximate surface area is 109 Å². The molecule has 4 nitrogen and oxygen atoms in total. The van der Waals surface area contributed by atoms with E-state index in [9.17, 15) is 4.79 Å². The van der Waals surface area contributed by atoms with E-state index >= 15 is 0 Å². The third kappa shape index (κ3) is 4.46. The molecule has 0 bridgehead atoms. The van der Waals surface area contributed by atoms with Crippen molar-refractivity contribution < 1.29 is 9.53 Å². The minimum Gasteiger partial charge on any atom is -0.467 e. The lowest BCUT2D eigenvalue weighted by Gasteiger charge is -2.07. The molecule has 0 aliphatic carbocycles. The number of fused-ring (bicyclic) bond motifs is 1. The van der Waals surface area contributed by atoms with Crippen LogP contribution >= 0.6 is 0 Å². The molecule has 1 aromatic carbocycles. The maximum Gasteiger partial charge on any atom is 0.328 e. The number of benzene rings is 1. The number of methoxy groups -OCH3 is 1. The molecule has 1 aliphatic heterocycles. The summed E-state index contributed by atoms with van der Waals surface area (Å²) in [5.41, 5.74) is 2.22. The molecule has 0 saturated heterocycles. The van der Waals surface area contributed by atoms with Crippen molar-refractivity contribution in [2.45, 2.75) is 33.2 Å². The number of para-hydroxylation sites is 1. The number of anilines is 1. The number of carbonyl (C=O) groups is 1. The predicted molar refractivity (Wildman–Crippen MR) is 72.2 cm³/mol. The van der Waals surface area contributed by atoms with Gasteiger partial charge in [-0.25, -0.2) is 4.79 Å². The Morgan fingerprint density at radius 1 is 1.44 bits per heavy atom. The largest absolute Gasteiger partial charge is 0.467 e. The summed E-state index contributed by atoms with van der Waals surface area (Å²) < 4.78 is 4.66. The molecule has 1 heterocycles. The number of hydrogen-bond donors (Lipinski definition) is 1. The van der Waals surface area contributed by atoms with Crippen molar-refractivity contribution in [3.05, 3.63) is 29.8 Å². The lowest BCUT2D eigenvalue weighted by Crippen LogP contribution is -2.27. The fourth-order valence-corrected chi connectivity index (χ4v) is 1.58. The molecule has 0 amide bonds. The summed E-state index contributed by atoms with van der Waals surface area (Å²) in [5.74, 6) is -0.198. The molecule has 1 N–H and O–H groups in total. The Hall–Kier alpha value is -2.02. The van der Waals surface area contributed by atoms with Crippen LogP contribution in [0.5, 0.6) is 0 Å². The number of nitrogens with zero attached hydrogens (tertiary/aromatic N) is 1. The lowest BCUT2D eigenvalue weighted by atomic mass is 10.1. The van der Waals surface area contributed by atoms with Gasteiger partial charge in [-0.3, -0.25) is 0 Å². The Balaban J connectivity index is 0.000000509. The summed E-state index contributed by atoms with van der Waals surface area (Å²) in [7, 11) is 1.41. The molecule has 0 saturated carbocycles. The number of nitriles is 1. The average molecular weight is 248 g/mol. The Bertz CT molecular complexity index is 386. The smallest absolute Gasteiger partial charge is 0.328 e. The zero-order chi connectivity index (χ0) is 14.0. The van der Waals surface area contributed by atoms with Crippen molar-refractivity contribution in [1.29, 1.82) is 5.26 Å². The van der Waals surface area contributed by atoms with Crippen molar-refractivity contribution in [2.75, 3.05) is 12.4 Å². The van der Waals surface area contributed by atoms with E-state index in [0.717, 1.165) is 12.1 Å². The van der Waals surface area contributed by atoms with Crippen molar-refractivity contribution in [2.24, 2.45) is 0 Å². The third-order valence-electron chi connectivity index (χ3n) is 2.26. The Morgan fingerprint density at radius 2 is 2.00 bits per heavy atom. The summed E-state index contributed by atoms with van der Waals surface area (Å²) in [4.78, 5) is 11.2. The van der Waals surface area contributed by atoms with Crippen LogP contribution in [0, 0.1) is 11.3 Å². The Morgan fingerprint density at radius 3 is 2.50 bits per heavy atom. The monoisotopic (exact) mass is 248 g/mol. The third-order valence-corrected chi connectivity index (χ3v) is 2.26. The van der Waals surface area contributed by atoms with Gasteiger partial charge in [0.25, 0.3) is 0 Å². The molecule has 0 fully saturated rings. The van der Waals surface area contributed by atoms with Crippen LogP contribution in [0.1, 0.15) is 26.3 Å². The number of hydrogen-bond acceptors (Lipinski definition) is 4. The average Bonchev–Trinajstić information content (AvgIpc) is 2.85. The lowest BCUT2D eigenvalue weighted by molar-refractivity contribution is -0.141. The van der Waals surface area contributed by atoms with Crippen LogP contribution < -0.4 is 5.32 Å². The van der Waals surface area contributed by atoms with E-state index in [2.05, 4.69) is 10.1 Å². The fraction of sp³-hybridized carbons (Fsp3) is 0.429. The Kier molecular flexibility index (Phi) is 8.04. The van der Waals surface area contributed by atoms with Crippen LogP contribution in [0.15, 0.2) is 24.3 Å². The quantitative estimate of drug-likeness (QED) is 0.776. The molecule has 18 heavy (non-hydrogen) atoms. The molecule has 0 aromatic heterocycles. The molecule has 4 heteroatoms. The summed E-state index contributed by atoms with van der Waals surface area (Å²) in [6, 6.07) is 9.46. The van der Waals surface area contributed by atoms with Gasteiger partial charge in [0.2, 0.25) is 0 Å². The van der Waals surface area contributed by atoms with Crippen LogP contribution in [-0.2, 0) is 16.0 Å². The van der Waals surface area contributed by atoms with Gasteiger partial charge in [-0.05, 0) is 11.6 Å². The molecule has 98 valence electrons. The SMILES string of the molecule is CC.CC#N.COC(=O)C1Cc2ccccc2N1. The van der Waals surface area contributed by atoms with Crippen LogP contribution in [0.4, 0.5) is 5.69 Å². The number of ether oxygens (including phenoxy) is 1. The minimum absolute atomic E-state index is 0.198. The van der Waals surface area contributed by atoms with Gasteiger partial charge in [0.15, 0.2) is 0 Å². The topological polar surface area (TPSA) is 62.1 Å². The first-order valence-electron chi connectivity index (χ1n) is 5.96. The molecule has 1 atom stereocenters. The molecule has 1 unspecified atom stereocenters. The molecule has 1 aromatic rings. The molecule has 1 aliphatic rings. The van der Waals surface area contributed by atoms with Crippen molar-refractivity contribution >= 4 is 11.7 Å². The first kappa shape index (κ1) is 16.0. The number of carbonyl (C=O) groups excluding carboxylic acids is 1. The highest BCUT2D eigenvalue weighted by molar-refractivity contribution is 5.82. The highest BCUT2D eigenvalue weighted by Crippen LogP contribution is 2.25. The summed E-state index contributed by atoms with van der Waals surface area (Å²) in [5, 5.41) is 10.4. The summed E-state index contributed by atoms with van der Waals surface area (Å²) in [6.45, 7) is 5.43. The van der Waals surface area contributed by atoms with E-state index in [1.165, 1.54) is 19.6 Å². The molecule has 0 radical (unpaired) electrons. The highest BCUT2D eigenvalue weighted by atomic mass is 16.5. The normalized spacial score (nSPS) is 14.5. The zero-order valence-electron chi connectivity index (χ0n) is 11.4. The number of esters is 1. The number of nitrogens with one attached hydrogen (secondary N) is 1. The van der Waals surface area contributed by atoms with Crippen LogP contribution in [0.25, 0.3) is 0 Å². The van der Waals surface area contributed by atoms with E-state index in [-0.39, 0.29) is 12.0 Å². The van der Waals surface area contributed by atoms with Gasteiger partial charge in [-0.2, -0.15) is 5.26 Å². The second-order valence-electron chi connectivity index (χ2n) is 3.30. The second kappa shape index (κ2) is 9.06. The molecular formula is C14H20N2O2. The predicted octanol–water partition coefficient (Wildman–Crippen LogP) is 2.75. The zero-order valence-corrected chi connectivity index (χ0v) is 11.4. The first-order valence-corrected chi connectivity index (χ1v) is 5.96. The molecule has 2 rings (SSSR count). The van der Waals surface area contributed by atoms with E-state index in [1.54, 1.807) is 6.07 Å². The van der Waals surface area contributed by atoms with Gasteiger partial charge in [0.05, 0.1) is 13.2 Å². The van der Waals surface area contributed by atoms with Gasteiger partial charge in [0.1, 0.15) is 6.04 Å². The van der Waals surface area contributed by atoms with E-state index in [1.807, 2.05) is 38.1 Å². The maximum absolute atomic E-state index is 11.2. The fourth-order valence-electron chi connectivity index (χ4n) is 1.58. The van der Waals surface area contributed by atoms with Crippen LogP contribution in [0.3, 0.4) is 0 Å². The van der Waals surface area contributed by atoms with Crippen LogP contribution in [-0.4, -0.2) is 19.1 Å². The van der Waals surface area contributed by atoms with Gasteiger partial charge in [-0.15, -0.1) is 0 Å². The highest BCUT2D eigenvalue weighted by Gasteiger charge is 2.26. The van der Waals surface area contributed by atoms with Gasteiger partial charge in [-0.1, -0.05) is 32.0 Å². The van der Waals surface area contributed by atoms with E-state index < -0.39 is 0 Å². The first-order chi connectivity index (χ1) is 8.72. The second-order valence-corrected chi connectivity index (χ2v) is 3.30. The maximum atomic E-state index is 11.2. The van der Waals surface area contributed by atoms with Gasteiger partial charge >= 0.3 is 5.97 Å². The van der Waals surface area contributed by atoms with E-state index in [0.29, 0.717) is 0 Å². The number of rotatable bonds is 1. The van der Waals surface area contributed by atoms with Crippen molar-refractivity contribution in [1.82, 2.24) is 0 Å². The molecule has 0 spiro atoms. The standard InChI is InChI=1S/C10H11NO2.C2H3N.C2H6/c1-13-10(12)9-6-7-4-2-3-5-8(7)11-9;1-2-3;1-2/h2-5,9,11H,6H2,1H3;1H3;1-2H3. The van der Waals surface area contributed by atoms with Crippen molar-refractivity contribution in [3.63, 3.8) is 0 Å². The summed E-state index contributed by atoms with van der Waals surface area (Å²) in [6.07, 6.45) is 0.725. The van der Waals surface area contributed by atoms with E-state index in [4.69, 9.17) is 5.26 Å². The summed E-state index contributed by atoms with van der Waals surface area (Å²) >= 11 is 0. The van der Waals surface area contributed by atoms with Crippen LogP contribution in [0.2, 0.25) is 0 Å². The minimum atomic E-state index is -0.206. The molecular weight excluding hydrogens is 228 g/mol. The van der Waals surface area contributed by atoms with Gasteiger partial charge < -0.3 is 10.1 Å². The van der Waals surface area contributed by atoms with Gasteiger partial charge in [0, 0.05) is 19.0 Å².